The summed E-state index contributed by atoms with van der Waals surface area (Å²) in [5, 5.41) is 0. The van der Waals surface area contributed by atoms with Gasteiger partial charge in [0.2, 0.25) is 0 Å². The fourth-order valence-electron chi connectivity index (χ4n) is 0.995. The molecule has 0 saturated heterocycles. The van der Waals surface area contributed by atoms with E-state index in [1.165, 1.54) is 12.8 Å². The lowest BCUT2D eigenvalue weighted by Crippen LogP contribution is -2.27. The molecule has 0 amide bonds. The van der Waals surface area contributed by atoms with Gasteiger partial charge in [0.25, 0.3) is 0 Å². The summed E-state index contributed by atoms with van der Waals surface area (Å²) in [5.41, 5.74) is -0.144. The van der Waals surface area contributed by atoms with Crippen molar-refractivity contribution < 1.29 is 4.84 Å². The summed E-state index contributed by atoms with van der Waals surface area (Å²) in [6, 6.07) is 0. The van der Waals surface area contributed by atoms with Crippen LogP contribution in [0.25, 0.3) is 0 Å². The summed E-state index contributed by atoms with van der Waals surface area (Å²) in [7, 11) is 0. The molecule has 0 bridgehead atoms. The zero-order valence-electron chi connectivity index (χ0n) is 8.18. The van der Waals surface area contributed by atoms with E-state index in [0.29, 0.717) is 0 Å². The summed E-state index contributed by atoms with van der Waals surface area (Å²) in [4.78, 5) is 4.82. The van der Waals surface area contributed by atoms with Gasteiger partial charge in [-0.1, -0.05) is 26.7 Å². The Morgan fingerprint density at radius 3 is 2.27 bits per heavy atom. The van der Waals surface area contributed by atoms with Crippen molar-refractivity contribution >= 4 is 0 Å². The molecule has 0 radical (unpaired) electrons. The second kappa shape index (κ2) is 4.73. The lowest BCUT2D eigenvalue weighted by molar-refractivity contribution is -0.0273. The Kier molecular flexibility index (Phi) is 4.69. The van der Waals surface area contributed by atoms with Crippen molar-refractivity contribution in [3.05, 3.63) is 0 Å². The molecule has 0 spiro atoms. The molecule has 0 aromatic rings. The molecule has 0 unspecified atom stereocenters. The maximum atomic E-state index is 5.12. The Morgan fingerprint density at radius 2 is 1.91 bits per heavy atom. The zero-order chi connectivity index (χ0) is 8.91. The van der Waals surface area contributed by atoms with Gasteiger partial charge in [-0.3, -0.25) is 4.84 Å². The van der Waals surface area contributed by atoms with Crippen LogP contribution in [0.2, 0.25) is 0 Å². The predicted molar refractivity (Wildman–Crippen MR) is 48.0 cm³/mol. The van der Waals surface area contributed by atoms with Gasteiger partial charge in [0.15, 0.2) is 0 Å². The van der Waals surface area contributed by atoms with Crippen LogP contribution in [0.15, 0.2) is 0 Å². The monoisotopic (exact) mass is 159 g/mol. The average Bonchev–Trinajstić information content (AvgIpc) is 1.87. The molecule has 68 valence electrons. The van der Waals surface area contributed by atoms with Crippen molar-refractivity contribution in [3.8, 4) is 0 Å². The topological polar surface area (TPSA) is 35.2 Å². The molecular formula is C9H21NO. The van der Waals surface area contributed by atoms with E-state index < -0.39 is 0 Å². The smallest absolute Gasteiger partial charge is 0.0838 e. The number of hydrogen-bond donors (Lipinski definition) is 1. The van der Waals surface area contributed by atoms with Gasteiger partial charge >= 0.3 is 0 Å². The highest BCUT2D eigenvalue weighted by Gasteiger charge is 2.16. The van der Waals surface area contributed by atoms with Crippen molar-refractivity contribution in [2.24, 2.45) is 11.8 Å². The summed E-state index contributed by atoms with van der Waals surface area (Å²) in [6.45, 7) is 8.51. The maximum absolute atomic E-state index is 5.12. The minimum absolute atomic E-state index is 0.144. The first-order valence-corrected chi connectivity index (χ1v) is 4.36. The van der Waals surface area contributed by atoms with E-state index in [9.17, 15) is 0 Å². The Labute approximate surface area is 70.1 Å². The zero-order valence-corrected chi connectivity index (χ0v) is 8.18. The van der Waals surface area contributed by atoms with Crippen LogP contribution in [0.1, 0.15) is 47.0 Å². The maximum Gasteiger partial charge on any atom is 0.0838 e. The minimum atomic E-state index is -0.144. The van der Waals surface area contributed by atoms with Gasteiger partial charge in [-0.05, 0) is 26.2 Å². The fraction of sp³-hybridized carbons (Fsp3) is 1.00. The van der Waals surface area contributed by atoms with Crippen LogP contribution >= 0.6 is 0 Å². The molecule has 11 heavy (non-hydrogen) atoms. The first-order chi connectivity index (χ1) is 4.98. The number of hydrogen-bond acceptors (Lipinski definition) is 2. The molecule has 0 aromatic heterocycles. The highest BCUT2D eigenvalue weighted by atomic mass is 16.6. The molecule has 0 heterocycles. The van der Waals surface area contributed by atoms with Crippen LogP contribution in [0, 0.1) is 5.92 Å². The molecule has 0 atom stereocenters. The molecule has 0 fully saturated rings. The molecule has 0 aliphatic heterocycles. The highest BCUT2D eigenvalue weighted by Crippen LogP contribution is 2.17. The largest absolute Gasteiger partial charge is 0.299 e. The van der Waals surface area contributed by atoms with Gasteiger partial charge in [-0.15, -0.1) is 0 Å². The van der Waals surface area contributed by atoms with E-state index in [4.69, 9.17) is 10.7 Å². The molecule has 0 aliphatic carbocycles. The Hall–Kier alpha value is -0.0800. The van der Waals surface area contributed by atoms with Crippen LogP contribution in [-0.4, -0.2) is 5.60 Å². The third-order valence-corrected chi connectivity index (χ3v) is 1.88. The predicted octanol–water partition coefficient (Wildman–Crippen LogP) is 2.48. The van der Waals surface area contributed by atoms with Gasteiger partial charge in [-0.25, -0.2) is 5.90 Å². The molecule has 2 N–H and O–H groups in total. The lowest BCUT2D eigenvalue weighted by Gasteiger charge is -2.21. The molecule has 0 saturated carbocycles. The Balaban J connectivity index is 3.38. The van der Waals surface area contributed by atoms with E-state index in [2.05, 4.69) is 13.8 Å². The van der Waals surface area contributed by atoms with Crippen LogP contribution < -0.4 is 5.90 Å². The lowest BCUT2D eigenvalue weighted by atomic mass is 9.98. The van der Waals surface area contributed by atoms with Gasteiger partial charge in [0, 0.05) is 0 Å². The van der Waals surface area contributed by atoms with Crippen molar-refractivity contribution in [2.45, 2.75) is 52.6 Å². The van der Waals surface area contributed by atoms with Crippen LogP contribution in [-0.2, 0) is 4.84 Å². The quantitative estimate of drug-likeness (QED) is 0.625. The van der Waals surface area contributed by atoms with Crippen molar-refractivity contribution in [1.29, 1.82) is 0 Å². The third kappa shape index (κ3) is 6.32. The summed E-state index contributed by atoms with van der Waals surface area (Å²) in [6.07, 6.45) is 3.50. The molecular weight excluding hydrogens is 138 g/mol. The van der Waals surface area contributed by atoms with Gasteiger partial charge in [0.05, 0.1) is 5.60 Å². The second-order valence-electron chi connectivity index (χ2n) is 4.16. The Bertz CT molecular complexity index is 99.7. The van der Waals surface area contributed by atoms with E-state index in [0.717, 1.165) is 12.3 Å². The fourth-order valence-corrected chi connectivity index (χ4v) is 0.995. The van der Waals surface area contributed by atoms with Crippen molar-refractivity contribution in [2.75, 3.05) is 0 Å². The standard InChI is InChI=1S/C9H21NO/c1-8(2)6-5-7-9(3,4)11-10/h8H,5-7,10H2,1-4H3. The van der Waals surface area contributed by atoms with Gasteiger partial charge in [-0.2, -0.15) is 0 Å². The van der Waals surface area contributed by atoms with Crippen LogP contribution in [0.5, 0.6) is 0 Å². The van der Waals surface area contributed by atoms with Crippen molar-refractivity contribution in [3.63, 3.8) is 0 Å². The number of nitrogens with two attached hydrogens (primary N) is 1. The van der Waals surface area contributed by atoms with E-state index in [-0.39, 0.29) is 5.60 Å². The highest BCUT2D eigenvalue weighted by molar-refractivity contribution is 4.66. The summed E-state index contributed by atoms with van der Waals surface area (Å²) in [5.74, 6) is 5.90. The normalized spacial score (nSPS) is 12.5. The van der Waals surface area contributed by atoms with Gasteiger partial charge in [0.1, 0.15) is 0 Å². The van der Waals surface area contributed by atoms with Gasteiger partial charge < -0.3 is 0 Å². The third-order valence-electron chi connectivity index (χ3n) is 1.88. The molecule has 2 heteroatoms. The molecule has 2 nitrogen and oxygen atoms in total. The first-order valence-electron chi connectivity index (χ1n) is 4.36. The van der Waals surface area contributed by atoms with E-state index >= 15 is 0 Å². The summed E-state index contributed by atoms with van der Waals surface area (Å²) >= 11 is 0. The second-order valence-corrected chi connectivity index (χ2v) is 4.16. The molecule has 0 aliphatic rings. The minimum Gasteiger partial charge on any atom is -0.299 e. The van der Waals surface area contributed by atoms with E-state index in [1.54, 1.807) is 0 Å². The molecule has 0 aromatic carbocycles. The first kappa shape index (κ1) is 10.9. The van der Waals surface area contributed by atoms with E-state index in [1.807, 2.05) is 13.8 Å². The Morgan fingerprint density at radius 1 is 1.36 bits per heavy atom. The summed E-state index contributed by atoms with van der Waals surface area (Å²) < 4.78 is 0. The van der Waals surface area contributed by atoms with Crippen LogP contribution in [0.4, 0.5) is 0 Å². The SMILES string of the molecule is CC(C)CCCC(C)(C)ON. The number of rotatable bonds is 5. The van der Waals surface area contributed by atoms with Crippen LogP contribution in [0.3, 0.4) is 0 Å². The van der Waals surface area contributed by atoms with Crippen molar-refractivity contribution in [1.82, 2.24) is 0 Å². The average molecular weight is 159 g/mol. The molecule has 0 rings (SSSR count).